The highest BCUT2D eigenvalue weighted by Crippen LogP contribution is 2.32. The molecule has 1 aromatic heterocycles. The molecule has 1 aliphatic heterocycles. The smallest absolute Gasteiger partial charge is 0.111 e. The number of nitrogens with one attached hydrogen (secondary N) is 1. The van der Waals surface area contributed by atoms with Crippen molar-refractivity contribution in [3.63, 3.8) is 0 Å². The summed E-state index contributed by atoms with van der Waals surface area (Å²) in [5.74, 6) is 2.45. The van der Waals surface area contributed by atoms with E-state index in [1.54, 1.807) is 0 Å². The summed E-state index contributed by atoms with van der Waals surface area (Å²) in [4.78, 5) is 8.90. The summed E-state index contributed by atoms with van der Waals surface area (Å²) in [5.41, 5.74) is 1.33. The van der Waals surface area contributed by atoms with E-state index in [1.807, 2.05) is 11.3 Å². The Morgan fingerprint density at radius 1 is 1.35 bits per heavy atom. The molecule has 5 heteroatoms. The van der Waals surface area contributed by atoms with E-state index in [2.05, 4.69) is 42.9 Å². The molecule has 2 heterocycles. The predicted molar refractivity (Wildman–Crippen MR) is 90.8 cm³/mol. The molecule has 0 aliphatic carbocycles. The van der Waals surface area contributed by atoms with E-state index in [-0.39, 0.29) is 0 Å². The summed E-state index contributed by atoms with van der Waals surface area (Å²) in [5, 5.41) is 4.86. The van der Waals surface area contributed by atoms with Gasteiger partial charge in [-0.25, -0.2) is 4.98 Å². The van der Waals surface area contributed by atoms with Gasteiger partial charge in [-0.1, -0.05) is 20.3 Å². The summed E-state index contributed by atoms with van der Waals surface area (Å²) in [6.45, 7) is 7.72. The van der Waals surface area contributed by atoms with Gasteiger partial charge >= 0.3 is 0 Å². The average Bonchev–Trinajstić information content (AvgIpc) is 2.83. The molecule has 114 valence electrons. The van der Waals surface area contributed by atoms with E-state index in [9.17, 15) is 0 Å². The topological polar surface area (TPSA) is 28.2 Å². The lowest BCUT2D eigenvalue weighted by molar-refractivity contribution is 0.274. The van der Waals surface area contributed by atoms with E-state index in [0.29, 0.717) is 6.04 Å². The highest BCUT2D eigenvalue weighted by molar-refractivity contribution is 7.99. The van der Waals surface area contributed by atoms with Gasteiger partial charge in [-0.2, -0.15) is 11.8 Å². The molecule has 0 radical (unpaired) electrons. The zero-order valence-corrected chi connectivity index (χ0v) is 14.6. The monoisotopic (exact) mass is 313 g/mol. The first-order valence-corrected chi connectivity index (χ1v) is 9.70. The Labute approximate surface area is 131 Å². The maximum atomic E-state index is 4.98. The summed E-state index contributed by atoms with van der Waals surface area (Å²) >= 11 is 3.99. The summed E-state index contributed by atoms with van der Waals surface area (Å²) < 4.78 is 0. The van der Waals surface area contributed by atoms with Gasteiger partial charge in [0.15, 0.2) is 0 Å². The first kappa shape index (κ1) is 16.3. The number of nitrogens with zero attached hydrogens (tertiary/aromatic N) is 2. The summed E-state index contributed by atoms with van der Waals surface area (Å²) in [7, 11) is 2.24. The van der Waals surface area contributed by atoms with Gasteiger partial charge in [-0.05, 0) is 26.4 Å². The lowest BCUT2D eigenvalue weighted by Gasteiger charge is -2.30. The van der Waals surface area contributed by atoms with Gasteiger partial charge in [0.1, 0.15) is 5.01 Å². The summed E-state index contributed by atoms with van der Waals surface area (Å²) in [6, 6.07) is 0.522. The fraction of sp³-hybridized carbons (Fsp3) is 0.800. The molecular formula is C15H27N3S2. The molecular weight excluding hydrogens is 286 g/mol. The fourth-order valence-electron chi connectivity index (χ4n) is 2.44. The van der Waals surface area contributed by atoms with Crippen LogP contribution in [0.1, 0.15) is 48.3 Å². The minimum atomic E-state index is 0.522. The van der Waals surface area contributed by atoms with Crippen LogP contribution in [0.4, 0.5) is 0 Å². The Morgan fingerprint density at radius 2 is 2.20 bits per heavy atom. The second-order valence-electron chi connectivity index (χ2n) is 5.42. The SMILES string of the molecule is CCCNCc1sc(C2CSCCN2C)nc1CCC. The van der Waals surface area contributed by atoms with Crippen molar-refractivity contribution in [1.29, 1.82) is 0 Å². The van der Waals surface area contributed by atoms with Crippen LogP contribution in [-0.2, 0) is 13.0 Å². The standard InChI is InChI=1S/C15H27N3S2/c1-4-6-12-14(10-16-7-5-2)20-15(17-12)13-11-19-9-8-18(13)3/h13,16H,4-11H2,1-3H3. The van der Waals surface area contributed by atoms with Crippen molar-refractivity contribution < 1.29 is 0 Å². The second kappa shape index (κ2) is 8.37. The number of hydrogen-bond acceptors (Lipinski definition) is 5. The second-order valence-corrected chi connectivity index (χ2v) is 7.69. The highest BCUT2D eigenvalue weighted by Gasteiger charge is 2.25. The van der Waals surface area contributed by atoms with Crippen molar-refractivity contribution in [2.24, 2.45) is 0 Å². The molecule has 1 aliphatic rings. The third-order valence-electron chi connectivity index (χ3n) is 3.68. The van der Waals surface area contributed by atoms with E-state index in [1.165, 1.54) is 46.5 Å². The Kier molecular flexibility index (Phi) is 6.81. The lowest BCUT2D eigenvalue weighted by Crippen LogP contribution is -2.32. The van der Waals surface area contributed by atoms with E-state index >= 15 is 0 Å². The van der Waals surface area contributed by atoms with Crippen molar-refractivity contribution in [2.75, 3.05) is 31.6 Å². The largest absolute Gasteiger partial charge is 0.312 e. The molecule has 3 nitrogen and oxygen atoms in total. The molecule has 20 heavy (non-hydrogen) atoms. The van der Waals surface area contributed by atoms with Gasteiger partial charge in [0.25, 0.3) is 0 Å². The van der Waals surface area contributed by atoms with Crippen LogP contribution in [0.15, 0.2) is 0 Å². The van der Waals surface area contributed by atoms with Crippen LogP contribution in [0, 0.1) is 0 Å². The van der Waals surface area contributed by atoms with Gasteiger partial charge in [-0.3, -0.25) is 4.90 Å². The van der Waals surface area contributed by atoms with Crippen molar-refractivity contribution in [3.05, 3.63) is 15.6 Å². The molecule has 0 bridgehead atoms. The van der Waals surface area contributed by atoms with Crippen LogP contribution in [0.5, 0.6) is 0 Å². The molecule has 1 fully saturated rings. The van der Waals surface area contributed by atoms with E-state index in [4.69, 9.17) is 4.98 Å². The van der Waals surface area contributed by atoms with Crippen LogP contribution in [-0.4, -0.2) is 41.5 Å². The quantitative estimate of drug-likeness (QED) is 0.782. The van der Waals surface area contributed by atoms with Crippen molar-refractivity contribution in [1.82, 2.24) is 15.2 Å². The molecule has 1 atom stereocenters. The van der Waals surface area contributed by atoms with Crippen molar-refractivity contribution in [3.8, 4) is 0 Å². The normalized spacial score (nSPS) is 20.4. The minimum Gasteiger partial charge on any atom is -0.312 e. The maximum absolute atomic E-state index is 4.98. The third-order valence-corrected chi connectivity index (χ3v) is 5.90. The number of aromatic nitrogens is 1. The van der Waals surface area contributed by atoms with Crippen molar-refractivity contribution in [2.45, 2.75) is 45.7 Å². The van der Waals surface area contributed by atoms with Crippen LogP contribution in [0.25, 0.3) is 0 Å². The van der Waals surface area contributed by atoms with Gasteiger partial charge < -0.3 is 5.32 Å². The summed E-state index contributed by atoms with van der Waals surface area (Å²) in [6.07, 6.45) is 3.49. The minimum absolute atomic E-state index is 0.522. The van der Waals surface area contributed by atoms with Gasteiger partial charge in [0.05, 0.1) is 11.7 Å². The predicted octanol–water partition coefficient (Wildman–Crippen LogP) is 3.31. The number of aryl methyl sites for hydroxylation is 1. The van der Waals surface area contributed by atoms with E-state index < -0.39 is 0 Å². The number of hydrogen-bond donors (Lipinski definition) is 1. The van der Waals surface area contributed by atoms with Crippen LogP contribution >= 0.6 is 23.1 Å². The number of rotatable bonds is 7. The molecule has 0 saturated carbocycles. The molecule has 0 spiro atoms. The van der Waals surface area contributed by atoms with Gasteiger partial charge in [-0.15, -0.1) is 11.3 Å². The first-order valence-electron chi connectivity index (χ1n) is 7.73. The zero-order chi connectivity index (χ0) is 14.4. The maximum Gasteiger partial charge on any atom is 0.111 e. The lowest BCUT2D eigenvalue weighted by atomic mass is 10.2. The zero-order valence-electron chi connectivity index (χ0n) is 12.9. The molecule has 1 N–H and O–H groups in total. The highest BCUT2D eigenvalue weighted by atomic mass is 32.2. The number of thiazole rings is 1. The number of thioether (sulfide) groups is 1. The first-order chi connectivity index (χ1) is 9.76. The molecule has 1 aromatic rings. The van der Waals surface area contributed by atoms with Crippen molar-refractivity contribution >= 4 is 23.1 Å². The molecule has 2 rings (SSSR count). The van der Waals surface area contributed by atoms with Gasteiger partial charge in [0, 0.05) is 29.5 Å². The Bertz CT molecular complexity index is 406. The Hall–Kier alpha value is -0.100. The molecule has 0 aromatic carbocycles. The van der Waals surface area contributed by atoms with Gasteiger partial charge in [0.2, 0.25) is 0 Å². The average molecular weight is 314 g/mol. The molecule has 0 amide bonds. The van der Waals surface area contributed by atoms with Crippen LogP contribution in [0.2, 0.25) is 0 Å². The molecule has 1 saturated heterocycles. The third kappa shape index (κ3) is 4.20. The Balaban J connectivity index is 2.10. The van der Waals surface area contributed by atoms with Crippen LogP contribution in [0.3, 0.4) is 0 Å². The fourth-order valence-corrected chi connectivity index (χ4v) is 5.01. The molecule has 1 unspecified atom stereocenters. The Morgan fingerprint density at radius 3 is 2.90 bits per heavy atom. The van der Waals surface area contributed by atoms with Crippen LogP contribution < -0.4 is 5.32 Å². The van der Waals surface area contributed by atoms with E-state index in [0.717, 1.165) is 19.5 Å².